The van der Waals surface area contributed by atoms with Gasteiger partial charge >= 0.3 is 0 Å². The van der Waals surface area contributed by atoms with E-state index in [1.807, 2.05) is 0 Å². The third kappa shape index (κ3) is 4.29. The molecule has 0 aliphatic heterocycles. The molecule has 5 heteroatoms. The van der Waals surface area contributed by atoms with Crippen molar-refractivity contribution in [3.63, 3.8) is 0 Å². The minimum atomic E-state index is -1.51. The molecule has 17 heavy (non-hydrogen) atoms. The van der Waals surface area contributed by atoms with Gasteiger partial charge < -0.3 is 10.3 Å². The van der Waals surface area contributed by atoms with Crippen molar-refractivity contribution in [1.82, 2.24) is 4.98 Å². The van der Waals surface area contributed by atoms with Crippen LogP contribution in [-0.2, 0) is 4.79 Å². The van der Waals surface area contributed by atoms with E-state index in [9.17, 15) is 9.59 Å². The van der Waals surface area contributed by atoms with E-state index in [0.717, 1.165) is 0 Å². The van der Waals surface area contributed by atoms with Gasteiger partial charge in [-0.25, -0.2) is 0 Å². The Morgan fingerprint density at radius 3 is 2.53 bits per heavy atom. The zero-order chi connectivity index (χ0) is 13.1. The van der Waals surface area contributed by atoms with Crippen molar-refractivity contribution >= 4 is 19.7 Å². The number of anilines is 1. The molecule has 0 aromatic carbocycles. The van der Waals surface area contributed by atoms with Crippen LogP contribution in [0.15, 0.2) is 17.2 Å². The summed E-state index contributed by atoms with van der Waals surface area (Å²) in [5, 5.41) is 2.47. The van der Waals surface area contributed by atoms with E-state index in [1.54, 1.807) is 6.20 Å². The first-order valence-electron chi connectivity index (χ1n) is 5.31. The fourth-order valence-electron chi connectivity index (χ4n) is 1.11. The van der Waals surface area contributed by atoms with Gasteiger partial charge in [0.15, 0.2) is 0 Å². The first-order valence-corrected chi connectivity index (χ1v) is 8.81. The Hall–Kier alpha value is -1.80. The number of H-pyrrole nitrogens is 1. The molecule has 1 aromatic rings. The maximum atomic E-state index is 11.9. The average Bonchev–Trinajstić information content (AvgIpc) is 2.17. The van der Waals surface area contributed by atoms with Gasteiger partial charge in [0.2, 0.25) is 11.3 Å². The van der Waals surface area contributed by atoms with Gasteiger partial charge in [0, 0.05) is 19.3 Å². The molecule has 0 atom stereocenters. The zero-order valence-electron chi connectivity index (χ0n) is 10.5. The summed E-state index contributed by atoms with van der Waals surface area (Å²) in [6.07, 6.45) is 3.02. The Bertz CT molecular complexity index is 544. The van der Waals surface area contributed by atoms with Gasteiger partial charge in [0.05, 0.1) is 5.56 Å². The number of hydrogen-bond donors (Lipinski definition) is 2. The van der Waals surface area contributed by atoms with E-state index in [4.69, 9.17) is 0 Å². The van der Waals surface area contributed by atoms with Crippen LogP contribution < -0.4 is 10.7 Å². The molecule has 0 saturated heterocycles. The van der Waals surface area contributed by atoms with Gasteiger partial charge in [-0.2, -0.15) is 0 Å². The summed E-state index contributed by atoms with van der Waals surface area (Å²) in [5.41, 5.74) is 3.49. The predicted molar refractivity (Wildman–Crippen MR) is 71.6 cm³/mol. The molecular formula is C12H16N2O2Si. The fourth-order valence-corrected chi connectivity index (χ4v) is 1.62. The highest BCUT2D eigenvalue weighted by atomic mass is 28.3. The van der Waals surface area contributed by atoms with Crippen LogP contribution in [0.25, 0.3) is 0 Å². The van der Waals surface area contributed by atoms with Crippen molar-refractivity contribution in [3.8, 4) is 11.5 Å². The van der Waals surface area contributed by atoms with Gasteiger partial charge in [-0.05, 0) is 0 Å². The van der Waals surface area contributed by atoms with E-state index >= 15 is 0 Å². The number of pyridine rings is 1. The Kier molecular flexibility index (Phi) is 3.92. The standard InChI is InChI=1S/C12H16N2O2Si/c1-9(15)14-11-8-13-7-10(12(11)16)5-6-17(2,3)4/h7-8H,1-4H3,(H,13,16)(H,14,15). The third-order valence-electron chi connectivity index (χ3n) is 1.83. The van der Waals surface area contributed by atoms with Crippen LogP contribution in [-0.4, -0.2) is 19.0 Å². The highest BCUT2D eigenvalue weighted by Gasteiger charge is 2.09. The summed E-state index contributed by atoms with van der Waals surface area (Å²) >= 11 is 0. The normalized spacial score (nSPS) is 10.4. The Morgan fingerprint density at radius 2 is 2.00 bits per heavy atom. The highest BCUT2D eigenvalue weighted by Crippen LogP contribution is 2.01. The van der Waals surface area contributed by atoms with Crippen LogP contribution >= 0.6 is 0 Å². The van der Waals surface area contributed by atoms with E-state index in [-0.39, 0.29) is 17.0 Å². The second kappa shape index (κ2) is 5.02. The maximum Gasteiger partial charge on any atom is 0.221 e. The lowest BCUT2D eigenvalue weighted by Gasteiger charge is -2.04. The summed E-state index contributed by atoms with van der Waals surface area (Å²) in [4.78, 5) is 25.6. The molecule has 4 nitrogen and oxygen atoms in total. The number of rotatable bonds is 1. The summed E-state index contributed by atoms with van der Waals surface area (Å²) in [7, 11) is -1.51. The number of nitrogens with one attached hydrogen (secondary N) is 2. The zero-order valence-corrected chi connectivity index (χ0v) is 11.5. The molecule has 0 spiro atoms. The Balaban J connectivity index is 3.14. The molecule has 0 bridgehead atoms. The minimum absolute atomic E-state index is 0.236. The third-order valence-corrected chi connectivity index (χ3v) is 2.70. The molecule has 0 aliphatic rings. The Morgan fingerprint density at radius 1 is 1.35 bits per heavy atom. The van der Waals surface area contributed by atoms with E-state index in [2.05, 4.69) is 41.4 Å². The highest BCUT2D eigenvalue weighted by molar-refractivity contribution is 6.83. The second-order valence-electron chi connectivity index (χ2n) is 4.79. The number of carbonyl (C=O) groups excluding carboxylic acids is 1. The minimum Gasteiger partial charge on any atom is -0.365 e. The van der Waals surface area contributed by atoms with Gasteiger partial charge in [0.25, 0.3) is 0 Å². The van der Waals surface area contributed by atoms with E-state index in [0.29, 0.717) is 5.56 Å². The number of aromatic nitrogens is 1. The molecule has 0 saturated carbocycles. The fraction of sp³-hybridized carbons (Fsp3) is 0.333. The molecule has 90 valence electrons. The van der Waals surface area contributed by atoms with Gasteiger partial charge in [-0.15, -0.1) is 5.54 Å². The first kappa shape index (κ1) is 13.3. The van der Waals surface area contributed by atoms with Crippen molar-refractivity contribution in [2.75, 3.05) is 5.32 Å². The summed E-state index contributed by atoms with van der Waals surface area (Å²) in [6.45, 7) is 7.67. The lowest BCUT2D eigenvalue weighted by atomic mass is 10.2. The quantitative estimate of drug-likeness (QED) is 0.585. The monoisotopic (exact) mass is 248 g/mol. The van der Waals surface area contributed by atoms with Crippen LogP contribution in [0.2, 0.25) is 19.6 Å². The molecule has 0 radical (unpaired) electrons. The number of aromatic amines is 1. The summed E-state index contributed by atoms with van der Waals surface area (Å²) in [6, 6.07) is 0. The predicted octanol–water partition coefficient (Wildman–Crippen LogP) is 1.56. The molecular weight excluding hydrogens is 232 g/mol. The van der Waals surface area contributed by atoms with Crippen molar-refractivity contribution in [2.45, 2.75) is 26.6 Å². The largest absolute Gasteiger partial charge is 0.365 e. The van der Waals surface area contributed by atoms with Crippen LogP contribution in [0.4, 0.5) is 5.69 Å². The lowest BCUT2D eigenvalue weighted by Crippen LogP contribution is -2.19. The van der Waals surface area contributed by atoms with Crippen LogP contribution in [0.5, 0.6) is 0 Å². The molecule has 2 N–H and O–H groups in total. The number of amides is 1. The molecule has 0 fully saturated rings. The number of carbonyl (C=O) groups is 1. The molecule has 1 rings (SSSR count). The molecule has 1 aromatic heterocycles. The van der Waals surface area contributed by atoms with Crippen LogP contribution in [0.1, 0.15) is 12.5 Å². The smallest absolute Gasteiger partial charge is 0.221 e. The molecule has 0 unspecified atom stereocenters. The second-order valence-corrected chi connectivity index (χ2v) is 9.54. The van der Waals surface area contributed by atoms with Gasteiger partial charge in [0.1, 0.15) is 13.8 Å². The van der Waals surface area contributed by atoms with Crippen molar-refractivity contribution in [1.29, 1.82) is 0 Å². The van der Waals surface area contributed by atoms with Gasteiger partial charge in [-0.1, -0.05) is 25.6 Å². The van der Waals surface area contributed by atoms with Crippen LogP contribution in [0, 0.1) is 11.5 Å². The molecule has 0 aliphatic carbocycles. The molecule has 1 heterocycles. The van der Waals surface area contributed by atoms with Gasteiger partial charge in [-0.3, -0.25) is 9.59 Å². The summed E-state index contributed by atoms with van der Waals surface area (Å²) in [5.74, 6) is 2.61. The maximum absolute atomic E-state index is 11.9. The van der Waals surface area contributed by atoms with Crippen molar-refractivity contribution in [3.05, 3.63) is 28.2 Å². The van der Waals surface area contributed by atoms with Crippen molar-refractivity contribution in [2.24, 2.45) is 0 Å². The lowest BCUT2D eigenvalue weighted by molar-refractivity contribution is -0.114. The Labute approximate surface area is 101 Å². The first-order chi connectivity index (χ1) is 7.79. The topological polar surface area (TPSA) is 62.0 Å². The molecule has 1 amide bonds. The number of hydrogen-bond acceptors (Lipinski definition) is 2. The van der Waals surface area contributed by atoms with Crippen LogP contribution in [0.3, 0.4) is 0 Å². The SMILES string of the molecule is CC(=O)Nc1c[nH]cc(C#C[Si](C)(C)C)c1=O. The van der Waals surface area contributed by atoms with E-state index < -0.39 is 8.07 Å². The average molecular weight is 248 g/mol. The summed E-state index contributed by atoms with van der Waals surface area (Å²) < 4.78 is 0. The van der Waals surface area contributed by atoms with Crippen molar-refractivity contribution < 1.29 is 4.79 Å². The van der Waals surface area contributed by atoms with E-state index in [1.165, 1.54) is 13.1 Å².